The maximum absolute atomic E-state index is 5.73. The van der Waals surface area contributed by atoms with E-state index in [9.17, 15) is 0 Å². The van der Waals surface area contributed by atoms with E-state index in [1.54, 1.807) is 12.5 Å². The highest BCUT2D eigenvalue weighted by molar-refractivity contribution is 5.52. The van der Waals surface area contributed by atoms with Crippen LogP contribution in [0.4, 0.5) is 5.69 Å². The van der Waals surface area contributed by atoms with Crippen molar-refractivity contribution in [2.24, 2.45) is 5.73 Å². The van der Waals surface area contributed by atoms with Crippen LogP contribution in [0.1, 0.15) is 11.4 Å². The van der Waals surface area contributed by atoms with Crippen molar-refractivity contribution in [1.29, 1.82) is 0 Å². The van der Waals surface area contributed by atoms with Crippen LogP contribution in [-0.2, 0) is 19.6 Å². The molecule has 0 aliphatic carbocycles. The fraction of sp³-hybridized carbons (Fsp3) is 0.364. The van der Waals surface area contributed by atoms with Crippen LogP contribution in [0.3, 0.4) is 0 Å². The number of hydrogen-bond donors (Lipinski definition) is 1. The van der Waals surface area contributed by atoms with Crippen LogP contribution < -0.4 is 10.6 Å². The van der Waals surface area contributed by atoms with E-state index >= 15 is 0 Å². The first kappa shape index (κ1) is 10.2. The maximum atomic E-state index is 5.73. The molecule has 2 N–H and O–H groups in total. The standard InChI is InChI=1S/C11H14N6/c12-5-9-6-13-2-1-10(9)16-3-4-17-8-14-15-11(17)7-16/h1-2,6,8H,3-5,7,12H2. The minimum Gasteiger partial charge on any atom is -0.362 e. The summed E-state index contributed by atoms with van der Waals surface area (Å²) in [4.78, 5) is 6.38. The molecule has 17 heavy (non-hydrogen) atoms. The zero-order chi connectivity index (χ0) is 11.7. The lowest BCUT2D eigenvalue weighted by molar-refractivity contribution is 0.558. The number of aromatic nitrogens is 4. The van der Waals surface area contributed by atoms with Gasteiger partial charge in [0.05, 0.1) is 6.54 Å². The molecule has 3 heterocycles. The molecule has 6 heteroatoms. The fourth-order valence-electron chi connectivity index (χ4n) is 2.16. The van der Waals surface area contributed by atoms with Crippen molar-refractivity contribution in [3.63, 3.8) is 0 Å². The van der Waals surface area contributed by atoms with Gasteiger partial charge in [-0.1, -0.05) is 0 Å². The van der Waals surface area contributed by atoms with Gasteiger partial charge in [-0.05, 0) is 6.07 Å². The van der Waals surface area contributed by atoms with Crippen molar-refractivity contribution in [2.45, 2.75) is 19.6 Å². The molecule has 0 unspecified atom stereocenters. The molecule has 0 radical (unpaired) electrons. The third-order valence-corrected chi connectivity index (χ3v) is 3.08. The smallest absolute Gasteiger partial charge is 0.152 e. The highest BCUT2D eigenvalue weighted by Crippen LogP contribution is 2.22. The number of pyridine rings is 1. The van der Waals surface area contributed by atoms with E-state index in [-0.39, 0.29) is 0 Å². The monoisotopic (exact) mass is 230 g/mol. The number of rotatable bonds is 2. The predicted octanol–water partition coefficient (Wildman–Crippen LogP) is 0.152. The molecule has 1 aliphatic rings. The first-order chi connectivity index (χ1) is 8.38. The molecule has 0 spiro atoms. The second kappa shape index (κ2) is 4.14. The topological polar surface area (TPSA) is 72.9 Å². The molecule has 2 aromatic rings. The van der Waals surface area contributed by atoms with E-state index in [1.807, 2.05) is 12.3 Å². The SMILES string of the molecule is NCc1cnccc1N1CCn2cnnc2C1. The van der Waals surface area contributed by atoms with Crippen LogP contribution in [-0.4, -0.2) is 26.3 Å². The Morgan fingerprint density at radius 1 is 1.35 bits per heavy atom. The molecule has 0 saturated carbocycles. The molecule has 0 amide bonds. The first-order valence-electron chi connectivity index (χ1n) is 5.63. The third kappa shape index (κ3) is 1.76. The number of anilines is 1. The molecule has 0 bridgehead atoms. The van der Waals surface area contributed by atoms with Gasteiger partial charge in [0.1, 0.15) is 6.33 Å². The summed E-state index contributed by atoms with van der Waals surface area (Å²) in [7, 11) is 0. The largest absolute Gasteiger partial charge is 0.362 e. The highest BCUT2D eigenvalue weighted by Gasteiger charge is 2.19. The van der Waals surface area contributed by atoms with Crippen molar-refractivity contribution in [1.82, 2.24) is 19.7 Å². The van der Waals surface area contributed by atoms with Crippen molar-refractivity contribution in [3.8, 4) is 0 Å². The van der Waals surface area contributed by atoms with Gasteiger partial charge in [-0.25, -0.2) is 0 Å². The van der Waals surface area contributed by atoms with E-state index in [4.69, 9.17) is 5.73 Å². The number of nitrogens with two attached hydrogens (primary N) is 1. The van der Waals surface area contributed by atoms with Gasteiger partial charge in [0, 0.05) is 43.3 Å². The van der Waals surface area contributed by atoms with E-state index < -0.39 is 0 Å². The number of nitrogens with zero attached hydrogens (tertiary/aromatic N) is 5. The molecule has 1 aliphatic heterocycles. The van der Waals surface area contributed by atoms with Crippen LogP contribution in [0, 0.1) is 0 Å². The van der Waals surface area contributed by atoms with Gasteiger partial charge in [-0.3, -0.25) is 4.98 Å². The Morgan fingerprint density at radius 3 is 3.18 bits per heavy atom. The minimum absolute atomic E-state index is 0.506. The third-order valence-electron chi connectivity index (χ3n) is 3.08. The van der Waals surface area contributed by atoms with Gasteiger partial charge in [0.2, 0.25) is 0 Å². The summed E-state index contributed by atoms with van der Waals surface area (Å²) in [6.45, 7) is 3.14. The Hall–Kier alpha value is -1.95. The lowest BCUT2D eigenvalue weighted by atomic mass is 10.2. The predicted molar refractivity (Wildman–Crippen MR) is 63.2 cm³/mol. The Morgan fingerprint density at radius 2 is 2.29 bits per heavy atom. The molecule has 0 fully saturated rings. The van der Waals surface area contributed by atoms with Gasteiger partial charge < -0.3 is 15.2 Å². The number of fused-ring (bicyclic) bond motifs is 1. The first-order valence-corrected chi connectivity index (χ1v) is 5.63. The molecule has 6 nitrogen and oxygen atoms in total. The van der Waals surface area contributed by atoms with Gasteiger partial charge in [0.25, 0.3) is 0 Å². The van der Waals surface area contributed by atoms with E-state index in [0.717, 1.165) is 36.7 Å². The summed E-state index contributed by atoms with van der Waals surface area (Å²) in [5, 5.41) is 8.04. The zero-order valence-corrected chi connectivity index (χ0v) is 9.45. The van der Waals surface area contributed by atoms with Crippen molar-refractivity contribution < 1.29 is 0 Å². The van der Waals surface area contributed by atoms with Gasteiger partial charge in [0.15, 0.2) is 5.82 Å². The lowest BCUT2D eigenvalue weighted by Crippen LogP contribution is -2.34. The van der Waals surface area contributed by atoms with Gasteiger partial charge in [-0.2, -0.15) is 0 Å². The average Bonchev–Trinajstić information content (AvgIpc) is 2.85. The second-order valence-corrected chi connectivity index (χ2v) is 4.07. The number of hydrogen-bond acceptors (Lipinski definition) is 5. The molecule has 0 saturated heterocycles. The Bertz CT molecular complexity index is 520. The second-order valence-electron chi connectivity index (χ2n) is 4.07. The van der Waals surface area contributed by atoms with E-state index in [0.29, 0.717) is 6.54 Å². The Balaban J connectivity index is 1.91. The van der Waals surface area contributed by atoms with Crippen molar-refractivity contribution >= 4 is 5.69 Å². The molecule has 88 valence electrons. The Labute approximate surface area is 99.1 Å². The maximum Gasteiger partial charge on any atom is 0.152 e. The summed E-state index contributed by atoms with van der Waals surface area (Å²) >= 11 is 0. The lowest BCUT2D eigenvalue weighted by Gasteiger charge is -2.30. The highest BCUT2D eigenvalue weighted by atomic mass is 15.3. The van der Waals surface area contributed by atoms with E-state index in [2.05, 4.69) is 24.6 Å². The van der Waals surface area contributed by atoms with Gasteiger partial charge >= 0.3 is 0 Å². The summed E-state index contributed by atoms with van der Waals surface area (Å²) in [6, 6.07) is 2.01. The zero-order valence-electron chi connectivity index (χ0n) is 9.45. The quantitative estimate of drug-likeness (QED) is 0.795. The van der Waals surface area contributed by atoms with Crippen LogP contribution in [0.25, 0.3) is 0 Å². The van der Waals surface area contributed by atoms with Crippen LogP contribution >= 0.6 is 0 Å². The average molecular weight is 230 g/mol. The molecule has 2 aromatic heterocycles. The summed E-state index contributed by atoms with van der Waals surface area (Å²) < 4.78 is 2.08. The molecule has 0 aromatic carbocycles. The summed E-state index contributed by atoms with van der Waals surface area (Å²) in [5.74, 6) is 0.996. The summed E-state index contributed by atoms with van der Waals surface area (Å²) in [5.41, 5.74) is 7.95. The molecule has 3 rings (SSSR count). The summed E-state index contributed by atoms with van der Waals surface area (Å²) in [6.07, 6.45) is 5.41. The normalized spacial score (nSPS) is 14.8. The van der Waals surface area contributed by atoms with E-state index in [1.165, 1.54) is 0 Å². The van der Waals surface area contributed by atoms with Crippen LogP contribution in [0.5, 0.6) is 0 Å². The Kier molecular flexibility index (Phi) is 2.49. The fourth-order valence-corrected chi connectivity index (χ4v) is 2.16. The van der Waals surface area contributed by atoms with Crippen molar-refractivity contribution in [2.75, 3.05) is 11.4 Å². The van der Waals surface area contributed by atoms with Crippen LogP contribution in [0.2, 0.25) is 0 Å². The van der Waals surface area contributed by atoms with Crippen LogP contribution in [0.15, 0.2) is 24.8 Å². The molecule has 0 atom stereocenters. The van der Waals surface area contributed by atoms with Crippen molar-refractivity contribution in [3.05, 3.63) is 36.2 Å². The minimum atomic E-state index is 0.506. The molecular formula is C11H14N6. The molecular weight excluding hydrogens is 216 g/mol. The van der Waals surface area contributed by atoms with Gasteiger partial charge in [-0.15, -0.1) is 10.2 Å².